The van der Waals surface area contributed by atoms with Crippen LogP contribution in [0.1, 0.15) is 41.1 Å². The molecule has 0 radical (unpaired) electrons. The number of rotatable bonds is 7. The molecule has 164 valence electrons. The molecule has 1 amide bonds. The van der Waals surface area contributed by atoms with E-state index in [4.69, 9.17) is 24.7 Å². The van der Waals surface area contributed by atoms with Gasteiger partial charge < -0.3 is 24.7 Å². The number of carbonyl (C=O) groups is 4. The first-order valence-corrected chi connectivity index (χ1v) is 9.04. The smallest absolute Gasteiger partial charge is 0.339 e. The number of aromatic nitrogens is 4. The third-order valence-corrected chi connectivity index (χ3v) is 4.16. The zero-order chi connectivity index (χ0) is 22.5. The average molecular weight is 433 g/mol. The molecule has 1 fully saturated rings. The summed E-state index contributed by atoms with van der Waals surface area (Å²) >= 11 is 0. The van der Waals surface area contributed by atoms with Gasteiger partial charge in [-0.05, 0) is 12.1 Å². The fourth-order valence-electron chi connectivity index (χ4n) is 2.94. The molecule has 13 nitrogen and oxygen atoms in total. The maximum Gasteiger partial charge on any atom is 0.339 e. The highest BCUT2D eigenvalue weighted by molar-refractivity contribution is 5.89. The lowest BCUT2D eigenvalue weighted by molar-refractivity contribution is -0.166. The van der Waals surface area contributed by atoms with Crippen molar-refractivity contribution in [3.05, 3.63) is 42.2 Å². The topological polar surface area (TPSA) is 175 Å². The molecular weight excluding hydrogens is 414 g/mol. The molecular formula is C18H19N5O8. The van der Waals surface area contributed by atoms with Crippen LogP contribution in [0.2, 0.25) is 0 Å². The number of hydrogen-bond acceptors (Lipinski definition) is 11. The third kappa shape index (κ3) is 5.19. The summed E-state index contributed by atoms with van der Waals surface area (Å²) in [6, 6.07) is 3.08. The van der Waals surface area contributed by atoms with Crippen LogP contribution in [0.25, 0.3) is 0 Å². The van der Waals surface area contributed by atoms with Crippen molar-refractivity contribution in [1.82, 2.24) is 19.7 Å². The molecule has 0 spiro atoms. The van der Waals surface area contributed by atoms with E-state index in [-0.39, 0.29) is 18.0 Å². The molecule has 31 heavy (non-hydrogen) atoms. The highest BCUT2D eigenvalue weighted by Gasteiger charge is 2.51. The highest BCUT2D eigenvalue weighted by Crippen LogP contribution is 2.34. The Morgan fingerprint density at radius 3 is 2.45 bits per heavy atom. The SMILES string of the molecule is CC(=O)O[C@@H]1[C@H](OC(C)=O)[C@@H](COC(=O)c2cccnc2)O[C@H]1n1cnc(C(N)=O)n1. The molecule has 1 aliphatic heterocycles. The Morgan fingerprint density at radius 1 is 1.16 bits per heavy atom. The first-order chi connectivity index (χ1) is 14.8. The Kier molecular flexibility index (Phi) is 6.55. The van der Waals surface area contributed by atoms with Gasteiger partial charge in [0.15, 0.2) is 18.4 Å². The van der Waals surface area contributed by atoms with Crippen LogP contribution in [0.5, 0.6) is 0 Å². The van der Waals surface area contributed by atoms with Crippen molar-refractivity contribution in [3.63, 3.8) is 0 Å². The molecule has 0 aromatic carbocycles. The van der Waals surface area contributed by atoms with Crippen molar-refractivity contribution in [2.24, 2.45) is 5.73 Å². The van der Waals surface area contributed by atoms with Gasteiger partial charge in [0.05, 0.1) is 5.56 Å². The Bertz CT molecular complexity index is 978. The minimum atomic E-state index is -1.16. The van der Waals surface area contributed by atoms with E-state index in [9.17, 15) is 19.2 Å². The molecule has 4 atom stereocenters. The molecule has 3 heterocycles. The molecule has 0 aliphatic carbocycles. The first-order valence-electron chi connectivity index (χ1n) is 9.04. The number of carbonyl (C=O) groups excluding carboxylic acids is 4. The molecule has 0 bridgehead atoms. The van der Waals surface area contributed by atoms with E-state index < -0.39 is 48.4 Å². The van der Waals surface area contributed by atoms with Gasteiger partial charge in [-0.1, -0.05) is 0 Å². The number of amides is 1. The lowest BCUT2D eigenvalue weighted by Gasteiger charge is -2.23. The fraction of sp³-hybridized carbons (Fsp3) is 0.389. The average Bonchev–Trinajstić information content (AvgIpc) is 3.32. The molecule has 13 heteroatoms. The monoisotopic (exact) mass is 433 g/mol. The molecule has 2 N–H and O–H groups in total. The maximum atomic E-state index is 12.2. The van der Waals surface area contributed by atoms with Gasteiger partial charge in [0.2, 0.25) is 5.82 Å². The summed E-state index contributed by atoms with van der Waals surface area (Å²) in [5.74, 6) is -3.20. The lowest BCUT2D eigenvalue weighted by atomic mass is 10.1. The van der Waals surface area contributed by atoms with Crippen LogP contribution < -0.4 is 5.73 Å². The van der Waals surface area contributed by atoms with Crippen LogP contribution in [0.3, 0.4) is 0 Å². The summed E-state index contributed by atoms with van der Waals surface area (Å²) in [4.78, 5) is 54.4. The van der Waals surface area contributed by atoms with Gasteiger partial charge in [0.25, 0.3) is 5.91 Å². The third-order valence-electron chi connectivity index (χ3n) is 4.16. The second kappa shape index (κ2) is 9.30. The van der Waals surface area contributed by atoms with Crippen molar-refractivity contribution in [2.45, 2.75) is 38.4 Å². The van der Waals surface area contributed by atoms with Gasteiger partial charge in [0, 0.05) is 26.2 Å². The van der Waals surface area contributed by atoms with E-state index in [0.717, 1.165) is 24.9 Å². The summed E-state index contributed by atoms with van der Waals surface area (Å²) < 4.78 is 22.7. The van der Waals surface area contributed by atoms with Gasteiger partial charge in [-0.3, -0.25) is 19.4 Å². The van der Waals surface area contributed by atoms with Crippen LogP contribution in [0.4, 0.5) is 0 Å². The van der Waals surface area contributed by atoms with Crippen LogP contribution in [-0.2, 0) is 28.5 Å². The van der Waals surface area contributed by atoms with Crippen LogP contribution in [-0.4, -0.2) is 68.5 Å². The Labute approximate surface area is 175 Å². The Morgan fingerprint density at radius 2 is 1.87 bits per heavy atom. The zero-order valence-electron chi connectivity index (χ0n) is 16.5. The van der Waals surface area contributed by atoms with E-state index in [0.29, 0.717) is 0 Å². The summed E-state index contributed by atoms with van der Waals surface area (Å²) in [5.41, 5.74) is 5.37. The minimum absolute atomic E-state index is 0.208. The maximum absolute atomic E-state index is 12.2. The number of nitrogens with zero attached hydrogens (tertiary/aromatic N) is 4. The number of pyridine rings is 1. The second-order valence-corrected chi connectivity index (χ2v) is 6.47. The van der Waals surface area contributed by atoms with Gasteiger partial charge >= 0.3 is 17.9 Å². The molecule has 1 aliphatic rings. The van der Waals surface area contributed by atoms with Gasteiger partial charge in [-0.25, -0.2) is 14.5 Å². The van der Waals surface area contributed by atoms with Gasteiger partial charge in [-0.15, -0.1) is 5.10 Å². The Balaban J connectivity index is 1.83. The number of nitrogens with two attached hydrogens (primary N) is 1. The van der Waals surface area contributed by atoms with Crippen LogP contribution >= 0.6 is 0 Å². The normalized spacial score (nSPS) is 22.5. The van der Waals surface area contributed by atoms with E-state index in [1.165, 1.54) is 18.5 Å². The molecule has 0 unspecified atom stereocenters. The summed E-state index contributed by atoms with van der Waals surface area (Å²) in [5, 5.41) is 3.90. The first kappa shape index (κ1) is 21.8. The zero-order valence-corrected chi connectivity index (χ0v) is 16.5. The summed E-state index contributed by atoms with van der Waals surface area (Å²) in [6.07, 6.45) is -0.459. The van der Waals surface area contributed by atoms with E-state index in [2.05, 4.69) is 15.1 Å². The van der Waals surface area contributed by atoms with Crippen LogP contribution in [0.15, 0.2) is 30.9 Å². The quantitative estimate of drug-likeness (QED) is 0.435. The number of hydrogen-bond donors (Lipinski definition) is 1. The fourth-order valence-corrected chi connectivity index (χ4v) is 2.94. The Hall–Kier alpha value is -3.87. The predicted molar refractivity (Wildman–Crippen MR) is 98.1 cm³/mol. The molecule has 2 aromatic rings. The number of primary amides is 1. The van der Waals surface area contributed by atoms with Crippen LogP contribution in [0, 0.1) is 0 Å². The van der Waals surface area contributed by atoms with Crippen molar-refractivity contribution >= 4 is 23.8 Å². The van der Waals surface area contributed by atoms with Crippen molar-refractivity contribution in [1.29, 1.82) is 0 Å². The second-order valence-electron chi connectivity index (χ2n) is 6.47. The van der Waals surface area contributed by atoms with Gasteiger partial charge in [0.1, 0.15) is 19.0 Å². The van der Waals surface area contributed by atoms with Crippen molar-refractivity contribution in [2.75, 3.05) is 6.61 Å². The molecule has 2 aromatic heterocycles. The van der Waals surface area contributed by atoms with Crippen molar-refractivity contribution in [3.8, 4) is 0 Å². The predicted octanol–water partition coefficient (Wildman–Crippen LogP) is -0.610. The van der Waals surface area contributed by atoms with Gasteiger partial charge in [-0.2, -0.15) is 0 Å². The molecule has 3 rings (SSSR count). The minimum Gasteiger partial charge on any atom is -0.459 e. The van der Waals surface area contributed by atoms with E-state index in [1.54, 1.807) is 6.07 Å². The highest BCUT2D eigenvalue weighted by atomic mass is 16.7. The standard InChI is InChI=1S/C18H19N5O8/c1-9(24)29-13-12(7-28-18(27)11-4-3-5-20-6-11)31-17(14(13)30-10(2)25)23-8-21-16(22-23)15(19)26/h3-6,8,12-14,17H,7H2,1-2H3,(H2,19,26)/t12-,13-,14-,17-/m1/s1. The molecule has 0 saturated carbocycles. The summed E-state index contributed by atoms with van der Waals surface area (Å²) in [7, 11) is 0. The van der Waals surface area contributed by atoms with Crippen molar-refractivity contribution < 1.29 is 38.1 Å². The van der Waals surface area contributed by atoms with E-state index in [1.807, 2.05) is 0 Å². The largest absolute Gasteiger partial charge is 0.459 e. The lowest BCUT2D eigenvalue weighted by Crippen LogP contribution is -2.40. The van der Waals surface area contributed by atoms with E-state index >= 15 is 0 Å². The summed E-state index contributed by atoms with van der Waals surface area (Å²) in [6.45, 7) is 1.99. The number of ether oxygens (including phenoxy) is 4. The number of esters is 3. The molecule has 1 saturated heterocycles.